The maximum absolute atomic E-state index is 12.4. The molecule has 0 saturated carbocycles. The molecule has 7 nitrogen and oxygen atoms in total. The van der Waals surface area contributed by atoms with Crippen molar-refractivity contribution in [3.63, 3.8) is 0 Å². The summed E-state index contributed by atoms with van der Waals surface area (Å²) in [5.74, 6) is 0.523. The van der Waals surface area contributed by atoms with Crippen LogP contribution in [0.3, 0.4) is 0 Å². The highest BCUT2D eigenvalue weighted by atomic mass is 32.2. The third-order valence-corrected chi connectivity index (χ3v) is 6.89. The third-order valence-electron chi connectivity index (χ3n) is 4.11. The van der Waals surface area contributed by atoms with E-state index >= 15 is 0 Å². The zero-order valence-corrected chi connectivity index (χ0v) is 17.1. The van der Waals surface area contributed by atoms with Crippen LogP contribution in [0.15, 0.2) is 68.8 Å². The predicted octanol–water partition coefficient (Wildman–Crippen LogP) is 3.17. The number of hydrogen-bond acceptors (Lipinski definition) is 6. The van der Waals surface area contributed by atoms with Crippen molar-refractivity contribution in [2.75, 3.05) is 25.4 Å². The van der Waals surface area contributed by atoms with Gasteiger partial charge in [-0.2, -0.15) is 0 Å². The number of nitrogens with one attached hydrogen (secondary N) is 2. The molecule has 0 fully saturated rings. The normalized spacial score (nSPS) is 12.7. The van der Waals surface area contributed by atoms with Crippen molar-refractivity contribution in [3.05, 3.63) is 71.5 Å². The molecule has 1 aromatic carbocycles. The largest absolute Gasteiger partial charge is 0.468 e. The number of carbonyl (C=O) groups excluding carboxylic acids is 1. The first-order valence-electron chi connectivity index (χ1n) is 8.51. The molecule has 1 unspecified atom stereocenters. The maximum Gasteiger partial charge on any atom is 0.271 e. The number of carbonyl (C=O) groups is 1. The second-order valence-corrected chi connectivity index (χ2v) is 9.18. The van der Waals surface area contributed by atoms with Gasteiger partial charge in [-0.1, -0.05) is 6.07 Å². The van der Waals surface area contributed by atoms with Crippen LogP contribution in [0.5, 0.6) is 0 Å². The van der Waals surface area contributed by atoms with Gasteiger partial charge in [0.15, 0.2) is 0 Å². The summed E-state index contributed by atoms with van der Waals surface area (Å²) in [6.45, 7) is 0.381. The molecule has 1 atom stereocenters. The van der Waals surface area contributed by atoms with Crippen LogP contribution in [0.4, 0.5) is 5.69 Å². The lowest BCUT2D eigenvalue weighted by Crippen LogP contribution is -2.34. The van der Waals surface area contributed by atoms with Crippen molar-refractivity contribution in [1.29, 1.82) is 0 Å². The first-order chi connectivity index (χ1) is 13.4. The lowest BCUT2D eigenvalue weighted by atomic mass is 10.1. The summed E-state index contributed by atoms with van der Waals surface area (Å²) in [5.41, 5.74) is 0.836. The first-order valence-corrected chi connectivity index (χ1v) is 10.9. The van der Waals surface area contributed by atoms with Crippen molar-refractivity contribution >= 4 is 33.0 Å². The fourth-order valence-electron chi connectivity index (χ4n) is 2.62. The standard InChI is InChI=1S/C19H21N3O4S2/c1-22(2)16(17-5-3-11-26-17)13-20-19(23)14-7-9-15(10-8-14)21-28(24,25)18-6-4-12-27-18/h3-12,16,21H,13H2,1-2H3,(H,20,23). The minimum Gasteiger partial charge on any atom is -0.468 e. The molecule has 2 aromatic heterocycles. The van der Waals surface area contributed by atoms with Gasteiger partial charge in [0, 0.05) is 17.8 Å². The topological polar surface area (TPSA) is 91.7 Å². The second-order valence-electron chi connectivity index (χ2n) is 6.32. The molecule has 3 aromatic rings. The summed E-state index contributed by atoms with van der Waals surface area (Å²) in [4.78, 5) is 14.4. The van der Waals surface area contributed by atoms with Crippen LogP contribution >= 0.6 is 11.3 Å². The Kier molecular flexibility index (Phi) is 6.18. The van der Waals surface area contributed by atoms with E-state index in [2.05, 4.69) is 10.0 Å². The number of hydrogen-bond donors (Lipinski definition) is 2. The molecular formula is C19H21N3O4S2. The molecule has 3 rings (SSSR count). The molecule has 0 bridgehead atoms. The van der Waals surface area contributed by atoms with Crippen LogP contribution in [0.25, 0.3) is 0 Å². The van der Waals surface area contributed by atoms with Crippen LogP contribution in [-0.4, -0.2) is 39.9 Å². The van der Waals surface area contributed by atoms with Gasteiger partial charge in [-0.15, -0.1) is 11.3 Å². The molecule has 0 aliphatic rings. The Morgan fingerprint density at radius 2 is 1.89 bits per heavy atom. The third kappa shape index (κ3) is 4.80. The second kappa shape index (κ2) is 8.59. The Morgan fingerprint density at radius 3 is 2.46 bits per heavy atom. The summed E-state index contributed by atoms with van der Waals surface area (Å²) in [5, 5.41) is 4.58. The maximum atomic E-state index is 12.4. The van der Waals surface area contributed by atoms with Gasteiger partial charge in [0.1, 0.15) is 9.97 Å². The number of thiophene rings is 1. The van der Waals surface area contributed by atoms with Gasteiger partial charge in [-0.25, -0.2) is 8.42 Å². The number of anilines is 1. The predicted molar refractivity (Wildman–Crippen MR) is 109 cm³/mol. The molecule has 1 amide bonds. The molecule has 28 heavy (non-hydrogen) atoms. The summed E-state index contributed by atoms with van der Waals surface area (Å²) in [6.07, 6.45) is 1.60. The summed E-state index contributed by atoms with van der Waals surface area (Å²) in [7, 11) is 0.214. The average Bonchev–Trinajstić information content (AvgIpc) is 3.36. The molecule has 9 heteroatoms. The zero-order valence-electron chi connectivity index (χ0n) is 15.5. The van der Waals surface area contributed by atoms with Crippen molar-refractivity contribution in [2.45, 2.75) is 10.3 Å². The van der Waals surface area contributed by atoms with Crippen LogP contribution in [0.1, 0.15) is 22.2 Å². The minimum absolute atomic E-state index is 0.0872. The van der Waals surface area contributed by atoms with Crippen molar-refractivity contribution < 1.29 is 17.6 Å². The Bertz CT molecular complexity index is 996. The fourth-order valence-corrected chi connectivity index (χ4v) is 4.67. The van der Waals surface area contributed by atoms with Gasteiger partial charge in [0.25, 0.3) is 15.9 Å². The molecule has 0 saturated heterocycles. The number of amides is 1. The van der Waals surface area contributed by atoms with E-state index in [1.165, 1.54) is 6.07 Å². The number of nitrogens with zero attached hydrogens (tertiary/aromatic N) is 1. The zero-order chi connectivity index (χ0) is 20.1. The summed E-state index contributed by atoms with van der Waals surface area (Å²) >= 11 is 1.14. The molecule has 2 heterocycles. The van der Waals surface area contributed by atoms with E-state index < -0.39 is 10.0 Å². The van der Waals surface area contributed by atoms with E-state index in [1.807, 2.05) is 31.1 Å². The van der Waals surface area contributed by atoms with Crippen LogP contribution in [0.2, 0.25) is 0 Å². The molecule has 2 N–H and O–H groups in total. The summed E-state index contributed by atoms with van der Waals surface area (Å²) in [6, 6.07) is 13.1. The number of furan rings is 1. The Balaban J connectivity index is 1.62. The van der Waals surface area contributed by atoms with Gasteiger partial charge >= 0.3 is 0 Å². The van der Waals surface area contributed by atoms with E-state index in [1.54, 1.807) is 42.0 Å². The fraction of sp³-hybridized carbons (Fsp3) is 0.211. The minimum atomic E-state index is -3.61. The van der Waals surface area contributed by atoms with E-state index in [0.717, 1.165) is 17.1 Å². The van der Waals surface area contributed by atoms with Crippen LogP contribution < -0.4 is 10.0 Å². The first kappa shape index (κ1) is 20.1. The Hall–Kier alpha value is -2.62. The number of benzene rings is 1. The van der Waals surface area contributed by atoms with Crippen LogP contribution in [-0.2, 0) is 10.0 Å². The number of sulfonamides is 1. The molecule has 0 radical (unpaired) electrons. The van der Waals surface area contributed by atoms with Crippen molar-refractivity contribution in [2.24, 2.45) is 0 Å². The summed E-state index contributed by atoms with van der Waals surface area (Å²) < 4.78 is 32.7. The SMILES string of the molecule is CN(C)C(CNC(=O)c1ccc(NS(=O)(=O)c2cccs2)cc1)c1ccco1. The van der Waals surface area contributed by atoms with Gasteiger partial charge in [-0.3, -0.25) is 14.4 Å². The smallest absolute Gasteiger partial charge is 0.271 e. The van der Waals surface area contributed by atoms with Gasteiger partial charge in [-0.05, 0) is 61.9 Å². The average molecular weight is 420 g/mol. The molecule has 0 aliphatic carbocycles. The Morgan fingerprint density at radius 1 is 1.14 bits per heavy atom. The van der Waals surface area contributed by atoms with E-state index in [4.69, 9.17) is 4.42 Å². The quantitative estimate of drug-likeness (QED) is 0.585. The lowest BCUT2D eigenvalue weighted by Gasteiger charge is -2.22. The van der Waals surface area contributed by atoms with Gasteiger partial charge in [0.2, 0.25) is 0 Å². The van der Waals surface area contributed by atoms with E-state index in [-0.39, 0.29) is 16.2 Å². The lowest BCUT2D eigenvalue weighted by molar-refractivity contribution is 0.0939. The van der Waals surface area contributed by atoms with Gasteiger partial charge in [0.05, 0.1) is 12.3 Å². The molecular weight excluding hydrogens is 398 g/mol. The van der Waals surface area contributed by atoms with Crippen LogP contribution in [0, 0.1) is 0 Å². The molecule has 0 spiro atoms. The van der Waals surface area contributed by atoms with Gasteiger partial charge < -0.3 is 9.73 Å². The highest BCUT2D eigenvalue weighted by molar-refractivity contribution is 7.94. The molecule has 148 valence electrons. The van der Waals surface area contributed by atoms with Crippen molar-refractivity contribution in [1.82, 2.24) is 10.2 Å². The monoisotopic (exact) mass is 419 g/mol. The highest BCUT2D eigenvalue weighted by Gasteiger charge is 2.19. The van der Waals surface area contributed by atoms with E-state index in [9.17, 15) is 13.2 Å². The number of rotatable bonds is 8. The number of likely N-dealkylation sites (N-methyl/N-ethyl adjacent to an activating group) is 1. The van der Waals surface area contributed by atoms with E-state index in [0.29, 0.717) is 17.8 Å². The molecule has 0 aliphatic heterocycles. The van der Waals surface area contributed by atoms with Crippen molar-refractivity contribution in [3.8, 4) is 0 Å². The Labute approximate surface area is 168 Å². The highest BCUT2D eigenvalue weighted by Crippen LogP contribution is 2.21.